The molecule has 0 bridgehead atoms. The highest BCUT2D eigenvalue weighted by molar-refractivity contribution is 5.96. The van der Waals surface area contributed by atoms with Crippen molar-refractivity contribution in [2.45, 2.75) is 26.8 Å². The molecule has 1 rings (SSSR count). The molecule has 0 aromatic carbocycles. The van der Waals surface area contributed by atoms with Crippen LogP contribution in [0.25, 0.3) is 0 Å². The third-order valence-electron chi connectivity index (χ3n) is 2.52. The molecule has 0 saturated heterocycles. The molecule has 3 N–H and O–H groups in total. The highest BCUT2D eigenvalue weighted by Crippen LogP contribution is 2.03. The number of aryl methyl sites for hydroxylation is 1. The summed E-state index contributed by atoms with van der Waals surface area (Å²) in [7, 11) is 0. The molecule has 6 heteroatoms. The molecular formula is C12H16N2O4. The normalized spacial score (nSPS) is 12.2. The van der Waals surface area contributed by atoms with E-state index in [1.807, 2.05) is 0 Å². The van der Waals surface area contributed by atoms with Gasteiger partial charge < -0.3 is 15.4 Å². The van der Waals surface area contributed by atoms with Crippen LogP contribution in [0.4, 0.5) is 0 Å². The first kappa shape index (κ1) is 14.0. The van der Waals surface area contributed by atoms with Crippen molar-refractivity contribution in [3.8, 4) is 0 Å². The fraction of sp³-hybridized carbons (Fsp3) is 0.417. The second-order valence-corrected chi connectivity index (χ2v) is 4.43. The lowest BCUT2D eigenvalue weighted by Crippen LogP contribution is -2.45. The van der Waals surface area contributed by atoms with Gasteiger partial charge in [-0.15, -0.1) is 0 Å². The maximum atomic E-state index is 11.8. The van der Waals surface area contributed by atoms with Gasteiger partial charge in [-0.05, 0) is 12.8 Å². The molecule has 1 aromatic rings. The van der Waals surface area contributed by atoms with Gasteiger partial charge >= 0.3 is 5.97 Å². The van der Waals surface area contributed by atoms with E-state index in [4.69, 9.17) is 5.11 Å². The first-order valence-electron chi connectivity index (χ1n) is 5.56. The number of H-pyrrole nitrogens is 1. The molecule has 98 valence electrons. The molecule has 0 aliphatic carbocycles. The van der Waals surface area contributed by atoms with Gasteiger partial charge in [0.1, 0.15) is 11.6 Å². The lowest BCUT2D eigenvalue weighted by Gasteiger charge is -2.17. The topological polar surface area (TPSA) is 99.3 Å². The SMILES string of the molecule is Cc1cc(=O)c(C(=O)N[C@H](C(=O)O)C(C)C)c[nH]1. The lowest BCUT2D eigenvalue weighted by atomic mass is 10.0. The summed E-state index contributed by atoms with van der Waals surface area (Å²) in [5, 5.41) is 11.3. The van der Waals surface area contributed by atoms with Crippen LogP contribution in [-0.2, 0) is 4.79 Å². The molecule has 0 spiro atoms. The molecule has 1 atom stereocenters. The van der Waals surface area contributed by atoms with Crippen molar-refractivity contribution in [2.75, 3.05) is 0 Å². The van der Waals surface area contributed by atoms with Crippen molar-refractivity contribution in [1.82, 2.24) is 10.3 Å². The summed E-state index contributed by atoms with van der Waals surface area (Å²) < 4.78 is 0. The van der Waals surface area contributed by atoms with Crippen molar-refractivity contribution in [1.29, 1.82) is 0 Å². The van der Waals surface area contributed by atoms with Crippen molar-refractivity contribution in [3.05, 3.63) is 33.7 Å². The average molecular weight is 252 g/mol. The number of aromatic nitrogens is 1. The minimum absolute atomic E-state index is 0.0903. The Morgan fingerprint density at radius 1 is 1.39 bits per heavy atom. The van der Waals surface area contributed by atoms with E-state index in [0.29, 0.717) is 5.69 Å². The third-order valence-corrected chi connectivity index (χ3v) is 2.52. The summed E-state index contributed by atoms with van der Waals surface area (Å²) >= 11 is 0. The van der Waals surface area contributed by atoms with Crippen LogP contribution in [0, 0.1) is 12.8 Å². The maximum absolute atomic E-state index is 11.8. The first-order valence-corrected chi connectivity index (χ1v) is 5.56. The van der Waals surface area contributed by atoms with Crippen molar-refractivity contribution < 1.29 is 14.7 Å². The Balaban J connectivity index is 2.94. The van der Waals surface area contributed by atoms with Crippen LogP contribution in [-0.4, -0.2) is 28.0 Å². The molecule has 1 aromatic heterocycles. The molecule has 0 unspecified atom stereocenters. The molecule has 0 fully saturated rings. The van der Waals surface area contributed by atoms with Crippen LogP contribution in [0.5, 0.6) is 0 Å². The molecular weight excluding hydrogens is 236 g/mol. The number of aliphatic carboxylic acids is 1. The van der Waals surface area contributed by atoms with E-state index in [-0.39, 0.29) is 11.5 Å². The Kier molecular flexibility index (Phi) is 4.25. The quantitative estimate of drug-likeness (QED) is 0.727. The largest absolute Gasteiger partial charge is 0.480 e. The number of carboxylic acid groups (broad SMARTS) is 1. The number of amides is 1. The Bertz CT molecular complexity index is 519. The van der Waals surface area contributed by atoms with Gasteiger partial charge in [0.25, 0.3) is 5.91 Å². The number of pyridine rings is 1. The van der Waals surface area contributed by atoms with Gasteiger partial charge in [0.05, 0.1) is 0 Å². The summed E-state index contributed by atoms with van der Waals surface area (Å²) in [6.07, 6.45) is 1.28. The fourth-order valence-corrected chi connectivity index (χ4v) is 1.48. The number of carboxylic acids is 1. The van der Waals surface area contributed by atoms with Crippen LogP contribution < -0.4 is 10.7 Å². The van der Waals surface area contributed by atoms with Gasteiger partial charge in [0.15, 0.2) is 5.43 Å². The highest BCUT2D eigenvalue weighted by Gasteiger charge is 2.24. The van der Waals surface area contributed by atoms with E-state index in [1.54, 1.807) is 20.8 Å². The summed E-state index contributed by atoms with van der Waals surface area (Å²) in [5.74, 6) is -2.07. The molecule has 6 nitrogen and oxygen atoms in total. The molecule has 0 radical (unpaired) electrons. The highest BCUT2D eigenvalue weighted by atomic mass is 16.4. The molecule has 0 aliphatic heterocycles. The Labute approximate surface area is 104 Å². The minimum atomic E-state index is -1.12. The van der Waals surface area contributed by atoms with Crippen molar-refractivity contribution in [3.63, 3.8) is 0 Å². The van der Waals surface area contributed by atoms with E-state index in [1.165, 1.54) is 12.3 Å². The molecule has 0 saturated carbocycles. The van der Waals surface area contributed by atoms with Crippen LogP contribution in [0.15, 0.2) is 17.1 Å². The Hall–Kier alpha value is -2.11. The number of carbonyl (C=O) groups excluding carboxylic acids is 1. The summed E-state index contributed by atoms with van der Waals surface area (Å²) in [6, 6.07) is 0.276. The maximum Gasteiger partial charge on any atom is 0.326 e. The molecule has 1 heterocycles. The minimum Gasteiger partial charge on any atom is -0.480 e. The number of aromatic amines is 1. The first-order chi connectivity index (χ1) is 8.32. The van der Waals surface area contributed by atoms with Crippen LogP contribution in [0.1, 0.15) is 29.9 Å². The van der Waals surface area contributed by atoms with Crippen molar-refractivity contribution in [2.24, 2.45) is 5.92 Å². The standard InChI is InChI=1S/C12H16N2O4/c1-6(2)10(12(17)18)14-11(16)8-5-13-7(3)4-9(8)15/h4-6,10H,1-3H3,(H,13,15)(H,14,16)(H,17,18)/t10-/m0/s1. The Morgan fingerprint density at radius 3 is 2.44 bits per heavy atom. The molecule has 0 aliphatic rings. The number of hydrogen-bond donors (Lipinski definition) is 3. The van der Waals surface area contributed by atoms with Crippen LogP contribution >= 0.6 is 0 Å². The number of nitrogens with one attached hydrogen (secondary N) is 2. The zero-order valence-electron chi connectivity index (χ0n) is 10.5. The number of rotatable bonds is 4. The Morgan fingerprint density at radius 2 is 2.00 bits per heavy atom. The summed E-state index contributed by atoms with van der Waals surface area (Å²) in [6.45, 7) is 5.05. The smallest absolute Gasteiger partial charge is 0.326 e. The number of hydrogen-bond acceptors (Lipinski definition) is 3. The zero-order chi connectivity index (χ0) is 13.9. The zero-order valence-corrected chi connectivity index (χ0v) is 10.5. The molecule has 18 heavy (non-hydrogen) atoms. The van der Waals surface area contributed by atoms with Crippen molar-refractivity contribution >= 4 is 11.9 Å². The van der Waals surface area contributed by atoms with E-state index in [9.17, 15) is 14.4 Å². The van der Waals surface area contributed by atoms with Gasteiger partial charge in [-0.1, -0.05) is 13.8 Å². The summed E-state index contributed by atoms with van der Waals surface area (Å²) in [5.41, 5.74) is 0.110. The van der Waals surface area contributed by atoms with Gasteiger partial charge in [-0.3, -0.25) is 9.59 Å². The fourth-order valence-electron chi connectivity index (χ4n) is 1.48. The van der Waals surface area contributed by atoms with E-state index in [2.05, 4.69) is 10.3 Å². The lowest BCUT2D eigenvalue weighted by molar-refractivity contribution is -0.140. The predicted molar refractivity (Wildman–Crippen MR) is 65.5 cm³/mol. The van der Waals surface area contributed by atoms with E-state index >= 15 is 0 Å². The second-order valence-electron chi connectivity index (χ2n) is 4.43. The van der Waals surface area contributed by atoms with Gasteiger partial charge in [0, 0.05) is 18.0 Å². The van der Waals surface area contributed by atoms with Gasteiger partial charge in [0.2, 0.25) is 0 Å². The van der Waals surface area contributed by atoms with Crippen LogP contribution in [0.2, 0.25) is 0 Å². The van der Waals surface area contributed by atoms with E-state index in [0.717, 1.165) is 0 Å². The average Bonchev–Trinajstić information content (AvgIpc) is 2.24. The predicted octanol–water partition coefficient (Wildman–Crippen LogP) is 0.522. The third kappa shape index (κ3) is 3.19. The van der Waals surface area contributed by atoms with E-state index < -0.39 is 23.3 Å². The van der Waals surface area contributed by atoms with Crippen LogP contribution in [0.3, 0.4) is 0 Å². The van der Waals surface area contributed by atoms with Gasteiger partial charge in [-0.25, -0.2) is 4.79 Å². The number of carbonyl (C=O) groups is 2. The second kappa shape index (κ2) is 5.48. The molecule has 1 amide bonds. The summed E-state index contributed by atoms with van der Waals surface area (Å²) in [4.78, 5) is 37.1. The van der Waals surface area contributed by atoms with Gasteiger partial charge in [-0.2, -0.15) is 0 Å². The monoisotopic (exact) mass is 252 g/mol.